The number of hydrogen-bond donors (Lipinski definition) is 1. The van der Waals surface area contributed by atoms with Crippen molar-refractivity contribution in [3.8, 4) is 5.75 Å². The van der Waals surface area contributed by atoms with E-state index in [0.29, 0.717) is 6.61 Å². The summed E-state index contributed by atoms with van der Waals surface area (Å²) in [6.07, 6.45) is 0. The normalized spacial score (nSPS) is 11.6. The van der Waals surface area contributed by atoms with Crippen LogP contribution in [0.4, 0.5) is 0 Å². The molecule has 0 atom stereocenters. The fraction of sp³-hybridized carbons (Fsp3) is 0.500. The van der Waals surface area contributed by atoms with Crippen LogP contribution in [-0.2, 0) is 16.9 Å². The molecule has 0 aromatic heterocycles. The Morgan fingerprint density at radius 3 is 2.38 bits per heavy atom. The third-order valence-electron chi connectivity index (χ3n) is 2.31. The maximum Gasteiger partial charge on any atom is 0.125 e. The monoisotopic (exact) mass is 287 g/mol. The predicted molar refractivity (Wildman–Crippen MR) is 68.6 cm³/mol. The van der Waals surface area contributed by atoms with Crippen LogP contribution in [0.3, 0.4) is 0 Å². The van der Waals surface area contributed by atoms with E-state index >= 15 is 0 Å². The minimum absolute atomic E-state index is 0.458. The van der Waals surface area contributed by atoms with Crippen LogP contribution in [0.15, 0.2) is 16.6 Å². The summed E-state index contributed by atoms with van der Waals surface area (Å²) in [7, 11) is 3.31. The van der Waals surface area contributed by atoms with Gasteiger partial charge in [0.05, 0.1) is 13.7 Å². The van der Waals surface area contributed by atoms with E-state index < -0.39 is 5.54 Å². The van der Waals surface area contributed by atoms with Crippen LogP contribution in [-0.4, -0.2) is 14.2 Å². The Bertz CT molecular complexity index is 372. The Balaban J connectivity index is 3.39. The van der Waals surface area contributed by atoms with Crippen molar-refractivity contribution in [2.75, 3.05) is 14.2 Å². The van der Waals surface area contributed by atoms with E-state index in [-0.39, 0.29) is 0 Å². The minimum atomic E-state index is -0.458. The van der Waals surface area contributed by atoms with Gasteiger partial charge in [0.1, 0.15) is 5.75 Å². The number of methoxy groups -OCH3 is 2. The van der Waals surface area contributed by atoms with Gasteiger partial charge in [0.15, 0.2) is 0 Å². The Kier molecular flexibility index (Phi) is 4.35. The lowest BCUT2D eigenvalue weighted by molar-refractivity contribution is 0.182. The van der Waals surface area contributed by atoms with Crippen LogP contribution in [0.25, 0.3) is 0 Å². The lowest BCUT2D eigenvalue weighted by Gasteiger charge is -2.25. The van der Waals surface area contributed by atoms with Gasteiger partial charge in [-0.25, -0.2) is 0 Å². The van der Waals surface area contributed by atoms with Gasteiger partial charge in [-0.2, -0.15) is 0 Å². The van der Waals surface area contributed by atoms with Crippen molar-refractivity contribution in [3.63, 3.8) is 0 Å². The molecule has 0 bridgehead atoms. The SMILES string of the molecule is COCc1cc(Br)cc(OC)c1C(C)(C)N. The molecule has 0 aliphatic heterocycles. The van der Waals surface area contributed by atoms with E-state index in [0.717, 1.165) is 21.3 Å². The molecule has 1 aromatic rings. The van der Waals surface area contributed by atoms with Crippen molar-refractivity contribution in [2.24, 2.45) is 5.73 Å². The fourth-order valence-electron chi connectivity index (χ4n) is 1.80. The summed E-state index contributed by atoms with van der Waals surface area (Å²) in [4.78, 5) is 0. The van der Waals surface area contributed by atoms with Crippen molar-refractivity contribution in [3.05, 3.63) is 27.7 Å². The van der Waals surface area contributed by atoms with Gasteiger partial charge in [-0.1, -0.05) is 15.9 Å². The molecule has 0 unspecified atom stereocenters. The van der Waals surface area contributed by atoms with Gasteiger partial charge in [0, 0.05) is 22.7 Å². The summed E-state index contributed by atoms with van der Waals surface area (Å²) < 4.78 is 11.5. The van der Waals surface area contributed by atoms with Gasteiger partial charge in [0.25, 0.3) is 0 Å². The maximum atomic E-state index is 6.16. The van der Waals surface area contributed by atoms with Crippen LogP contribution in [0, 0.1) is 0 Å². The van der Waals surface area contributed by atoms with Crippen molar-refractivity contribution in [2.45, 2.75) is 26.0 Å². The summed E-state index contributed by atoms with van der Waals surface area (Å²) in [6, 6.07) is 3.93. The first kappa shape index (κ1) is 13.5. The largest absolute Gasteiger partial charge is 0.496 e. The van der Waals surface area contributed by atoms with Crippen LogP contribution in [0.5, 0.6) is 5.75 Å². The topological polar surface area (TPSA) is 44.5 Å². The maximum absolute atomic E-state index is 6.16. The first-order valence-electron chi connectivity index (χ1n) is 5.05. The zero-order valence-corrected chi connectivity index (χ0v) is 11.7. The van der Waals surface area contributed by atoms with Crippen molar-refractivity contribution < 1.29 is 9.47 Å². The van der Waals surface area contributed by atoms with Crippen LogP contribution < -0.4 is 10.5 Å². The van der Waals surface area contributed by atoms with Crippen LogP contribution >= 0.6 is 15.9 Å². The number of rotatable bonds is 4. The van der Waals surface area contributed by atoms with Crippen molar-refractivity contribution >= 4 is 15.9 Å². The third-order valence-corrected chi connectivity index (χ3v) is 2.77. The highest BCUT2D eigenvalue weighted by Crippen LogP contribution is 2.34. The molecule has 0 spiro atoms. The molecule has 16 heavy (non-hydrogen) atoms. The van der Waals surface area contributed by atoms with Gasteiger partial charge >= 0.3 is 0 Å². The molecule has 1 rings (SSSR count). The van der Waals surface area contributed by atoms with E-state index in [1.54, 1.807) is 14.2 Å². The van der Waals surface area contributed by atoms with Gasteiger partial charge in [-0.05, 0) is 31.5 Å². The zero-order valence-electron chi connectivity index (χ0n) is 10.1. The Morgan fingerprint density at radius 1 is 1.31 bits per heavy atom. The van der Waals surface area contributed by atoms with Gasteiger partial charge in [-0.3, -0.25) is 0 Å². The third kappa shape index (κ3) is 2.97. The molecule has 4 heteroatoms. The highest BCUT2D eigenvalue weighted by molar-refractivity contribution is 9.10. The van der Waals surface area contributed by atoms with E-state index in [2.05, 4.69) is 15.9 Å². The molecule has 90 valence electrons. The molecule has 0 aliphatic carbocycles. The van der Waals surface area contributed by atoms with E-state index in [1.807, 2.05) is 26.0 Å². The second-order valence-corrected chi connectivity index (χ2v) is 5.21. The lowest BCUT2D eigenvalue weighted by Crippen LogP contribution is -2.30. The molecule has 0 heterocycles. The lowest BCUT2D eigenvalue weighted by atomic mass is 9.90. The van der Waals surface area contributed by atoms with Crippen molar-refractivity contribution in [1.82, 2.24) is 0 Å². The second kappa shape index (κ2) is 5.17. The standard InChI is InChI=1S/C12H18BrNO2/c1-12(2,14)11-8(7-15-3)5-9(13)6-10(11)16-4/h5-6H,7,14H2,1-4H3. The van der Waals surface area contributed by atoms with Crippen LogP contribution in [0.1, 0.15) is 25.0 Å². The molecule has 0 saturated carbocycles. The molecular weight excluding hydrogens is 270 g/mol. The molecule has 0 amide bonds. The first-order valence-corrected chi connectivity index (χ1v) is 5.84. The van der Waals surface area contributed by atoms with Gasteiger partial charge in [-0.15, -0.1) is 0 Å². The summed E-state index contributed by atoms with van der Waals surface area (Å²) in [5.41, 5.74) is 7.73. The zero-order chi connectivity index (χ0) is 12.3. The molecule has 3 nitrogen and oxygen atoms in total. The van der Waals surface area contributed by atoms with Gasteiger partial charge < -0.3 is 15.2 Å². The average Bonchev–Trinajstić information content (AvgIpc) is 2.15. The summed E-state index contributed by atoms with van der Waals surface area (Å²) in [5.74, 6) is 0.786. The number of hydrogen-bond acceptors (Lipinski definition) is 3. The molecule has 0 fully saturated rings. The smallest absolute Gasteiger partial charge is 0.125 e. The molecular formula is C12H18BrNO2. The predicted octanol–water partition coefficient (Wildman–Crippen LogP) is 2.80. The molecule has 0 aliphatic rings. The average molecular weight is 288 g/mol. The Hall–Kier alpha value is -0.580. The summed E-state index contributed by atoms with van der Waals surface area (Å²) in [6.45, 7) is 4.43. The summed E-state index contributed by atoms with van der Waals surface area (Å²) in [5, 5.41) is 0. The first-order chi connectivity index (χ1) is 7.40. The van der Waals surface area contributed by atoms with Crippen LogP contribution in [0.2, 0.25) is 0 Å². The molecule has 0 radical (unpaired) electrons. The Morgan fingerprint density at radius 2 is 1.94 bits per heavy atom. The summed E-state index contributed by atoms with van der Waals surface area (Å²) >= 11 is 3.45. The number of ether oxygens (including phenoxy) is 2. The van der Waals surface area contributed by atoms with E-state index in [4.69, 9.17) is 15.2 Å². The van der Waals surface area contributed by atoms with E-state index in [1.165, 1.54) is 0 Å². The molecule has 0 saturated heterocycles. The molecule has 1 aromatic carbocycles. The number of halogens is 1. The van der Waals surface area contributed by atoms with Crippen molar-refractivity contribution in [1.29, 1.82) is 0 Å². The number of nitrogens with two attached hydrogens (primary N) is 1. The fourth-order valence-corrected chi connectivity index (χ4v) is 2.28. The molecule has 2 N–H and O–H groups in total. The number of benzene rings is 1. The van der Waals surface area contributed by atoms with E-state index in [9.17, 15) is 0 Å². The highest BCUT2D eigenvalue weighted by Gasteiger charge is 2.23. The minimum Gasteiger partial charge on any atom is -0.496 e. The van der Waals surface area contributed by atoms with Gasteiger partial charge in [0.2, 0.25) is 0 Å². The quantitative estimate of drug-likeness (QED) is 0.926. The Labute approximate surface area is 105 Å². The highest BCUT2D eigenvalue weighted by atomic mass is 79.9. The second-order valence-electron chi connectivity index (χ2n) is 4.30.